The van der Waals surface area contributed by atoms with Crippen molar-refractivity contribution in [3.63, 3.8) is 0 Å². The molecule has 1 aromatic heterocycles. The molecule has 2 rings (SSSR count). The van der Waals surface area contributed by atoms with Gasteiger partial charge in [0.25, 0.3) is 5.91 Å². The first-order chi connectivity index (χ1) is 12.0. The van der Waals surface area contributed by atoms with E-state index in [1.807, 2.05) is 5.32 Å². The van der Waals surface area contributed by atoms with E-state index in [-0.39, 0.29) is 29.3 Å². The summed E-state index contributed by atoms with van der Waals surface area (Å²) in [5.74, 6) is -0.379. The average Bonchev–Trinajstić information content (AvgIpc) is 3.05. The van der Waals surface area contributed by atoms with Gasteiger partial charge < -0.3 is 14.8 Å². The Morgan fingerprint density at radius 3 is 2.92 bits per heavy atom. The van der Waals surface area contributed by atoms with Gasteiger partial charge in [-0.1, -0.05) is 11.6 Å². The molecule has 25 heavy (non-hydrogen) atoms. The largest absolute Gasteiger partial charge is 0.450 e. The lowest BCUT2D eigenvalue weighted by atomic mass is 10.2. The normalized spacial score (nSPS) is 16.2. The molecule has 1 aliphatic rings. The second-order valence-electron chi connectivity index (χ2n) is 4.92. The Morgan fingerprint density at radius 1 is 1.44 bits per heavy atom. The van der Waals surface area contributed by atoms with Crippen LogP contribution in [0.25, 0.3) is 0 Å². The van der Waals surface area contributed by atoms with Gasteiger partial charge in [-0.25, -0.2) is 19.9 Å². The van der Waals surface area contributed by atoms with Crippen LogP contribution in [0.1, 0.15) is 23.8 Å². The van der Waals surface area contributed by atoms with Crippen molar-refractivity contribution in [3.8, 4) is 0 Å². The van der Waals surface area contributed by atoms with Crippen molar-refractivity contribution < 1.29 is 23.9 Å². The van der Waals surface area contributed by atoms with Gasteiger partial charge in [-0.3, -0.25) is 9.52 Å². The number of pyridine rings is 1. The molecule has 136 valence electrons. The van der Waals surface area contributed by atoms with Crippen LogP contribution in [0.2, 0.25) is 5.02 Å². The van der Waals surface area contributed by atoms with E-state index in [4.69, 9.17) is 16.3 Å². The van der Waals surface area contributed by atoms with Crippen molar-refractivity contribution in [1.82, 2.24) is 20.3 Å². The number of nitrogens with one attached hydrogen (secondary N) is 3. The standard InChI is InChI=1S/C14H17ClN4O5S/c1-2-24-14(22)18-13(21)19-25-11-6-8(15)5-10(17-11)12(20)16-9-3-4-23-7-9/h5-6,9H,2-4,7H2,1H3,(H,16,20)(H2,18,19,21,22)/t9-/m0/s1. The van der Waals surface area contributed by atoms with Crippen LogP contribution in [-0.4, -0.2) is 48.9 Å². The molecule has 0 aliphatic carbocycles. The number of amides is 4. The van der Waals surface area contributed by atoms with Gasteiger partial charge in [0.05, 0.1) is 19.3 Å². The summed E-state index contributed by atoms with van der Waals surface area (Å²) < 4.78 is 12.1. The first kappa shape index (κ1) is 19.3. The number of carbonyl (C=O) groups excluding carboxylic acids is 3. The SMILES string of the molecule is CCOC(=O)NC(=O)NSc1cc(Cl)cc(C(=O)N[C@H]2CCOC2)n1. The molecule has 2 heterocycles. The second kappa shape index (κ2) is 9.44. The number of hydrogen-bond acceptors (Lipinski definition) is 7. The number of alkyl carbamates (subject to hydrolysis) is 1. The maximum Gasteiger partial charge on any atom is 0.415 e. The topological polar surface area (TPSA) is 119 Å². The number of hydrogen-bond donors (Lipinski definition) is 3. The predicted octanol–water partition coefficient (Wildman–Crippen LogP) is 1.72. The summed E-state index contributed by atoms with van der Waals surface area (Å²) in [6.07, 6.45) is -0.123. The minimum absolute atomic E-state index is 0.0575. The van der Waals surface area contributed by atoms with Crippen molar-refractivity contribution in [2.75, 3.05) is 19.8 Å². The van der Waals surface area contributed by atoms with E-state index in [1.165, 1.54) is 12.1 Å². The van der Waals surface area contributed by atoms with Crippen molar-refractivity contribution in [1.29, 1.82) is 0 Å². The van der Waals surface area contributed by atoms with Crippen LogP contribution in [0, 0.1) is 0 Å². The van der Waals surface area contributed by atoms with Gasteiger partial charge in [-0.2, -0.15) is 0 Å². The lowest BCUT2D eigenvalue weighted by Gasteiger charge is -2.11. The number of ether oxygens (including phenoxy) is 2. The molecule has 0 saturated carbocycles. The quantitative estimate of drug-likeness (QED) is 0.657. The van der Waals surface area contributed by atoms with E-state index < -0.39 is 12.1 Å². The van der Waals surface area contributed by atoms with Crippen molar-refractivity contribution in [2.45, 2.75) is 24.4 Å². The fourth-order valence-electron chi connectivity index (χ4n) is 1.93. The molecule has 3 N–H and O–H groups in total. The minimum atomic E-state index is -0.862. The van der Waals surface area contributed by atoms with E-state index in [1.54, 1.807) is 6.92 Å². The molecule has 0 spiro atoms. The predicted molar refractivity (Wildman–Crippen MR) is 90.5 cm³/mol. The summed E-state index contributed by atoms with van der Waals surface area (Å²) in [5.41, 5.74) is 0.120. The van der Waals surface area contributed by atoms with Gasteiger partial charge in [-0.05, 0) is 25.5 Å². The molecule has 1 saturated heterocycles. The first-order valence-electron chi connectivity index (χ1n) is 7.44. The molecule has 1 aliphatic heterocycles. The molecule has 0 unspecified atom stereocenters. The molecule has 1 atom stereocenters. The summed E-state index contributed by atoms with van der Waals surface area (Å²) in [6.45, 7) is 2.83. The molecule has 0 aromatic carbocycles. The number of halogens is 1. The molecule has 4 amide bonds. The van der Waals surface area contributed by atoms with E-state index in [0.29, 0.717) is 18.2 Å². The Balaban J connectivity index is 1.92. The smallest absolute Gasteiger partial charge is 0.415 e. The maximum absolute atomic E-state index is 12.2. The van der Waals surface area contributed by atoms with Crippen LogP contribution in [0.5, 0.6) is 0 Å². The van der Waals surface area contributed by atoms with Crippen molar-refractivity contribution >= 4 is 41.6 Å². The van der Waals surface area contributed by atoms with Crippen LogP contribution in [0.3, 0.4) is 0 Å². The molecule has 0 bridgehead atoms. The highest BCUT2D eigenvalue weighted by Gasteiger charge is 2.20. The fourth-order valence-corrected chi connectivity index (χ4v) is 2.78. The Hall–Kier alpha value is -2.04. The third kappa shape index (κ3) is 6.40. The monoisotopic (exact) mass is 388 g/mol. The molecule has 1 aromatic rings. The van der Waals surface area contributed by atoms with E-state index in [9.17, 15) is 14.4 Å². The van der Waals surface area contributed by atoms with Gasteiger partial charge in [0.15, 0.2) is 0 Å². The highest BCUT2D eigenvalue weighted by molar-refractivity contribution is 7.97. The van der Waals surface area contributed by atoms with Gasteiger partial charge in [-0.15, -0.1) is 0 Å². The van der Waals surface area contributed by atoms with E-state index in [2.05, 4.69) is 19.8 Å². The number of rotatable bonds is 5. The minimum Gasteiger partial charge on any atom is -0.450 e. The average molecular weight is 389 g/mol. The summed E-state index contributed by atoms with van der Waals surface area (Å²) in [5, 5.41) is 5.35. The van der Waals surface area contributed by atoms with Crippen LogP contribution in [0.4, 0.5) is 9.59 Å². The number of carbonyl (C=O) groups is 3. The maximum atomic E-state index is 12.2. The highest BCUT2D eigenvalue weighted by atomic mass is 35.5. The zero-order valence-corrected chi connectivity index (χ0v) is 14.9. The van der Waals surface area contributed by atoms with Crippen LogP contribution >= 0.6 is 23.5 Å². The summed E-state index contributed by atoms with van der Waals surface area (Å²) in [6, 6.07) is 2.07. The summed E-state index contributed by atoms with van der Waals surface area (Å²) in [4.78, 5) is 39.0. The lowest BCUT2D eigenvalue weighted by molar-refractivity contribution is 0.0924. The van der Waals surface area contributed by atoms with Crippen molar-refractivity contribution in [3.05, 3.63) is 22.8 Å². The number of nitrogens with zero attached hydrogens (tertiary/aromatic N) is 1. The molecule has 1 fully saturated rings. The van der Waals surface area contributed by atoms with Crippen molar-refractivity contribution in [2.24, 2.45) is 0 Å². The Morgan fingerprint density at radius 2 is 2.24 bits per heavy atom. The van der Waals surface area contributed by atoms with Crippen LogP contribution in [0.15, 0.2) is 17.2 Å². The van der Waals surface area contributed by atoms with Gasteiger partial charge in [0.1, 0.15) is 10.7 Å². The molecule has 11 heteroatoms. The molecular weight excluding hydrogens is 372 g/mol. The summed E-state index contributed by atoms with van der Waals surface area (Å²) >= 11 is 6.80. The first-order valence-corrected chi connectivity index (χ1v) is 8.64. The zero-order chi connectivity index (χ0) is 18.2. The van der Waals surface area contributed by atoms with Gasteiger partial charge >= 0.3 is 12.1 Å². The third-order valence-corrected chi connectivity index (χ3v) is 3.93. The Bertz CT molecular complexity index is 654. The third-order valence-electron chi connectivity index (χ3n) is 3.00. The van der Waals surface area contributed by atoms with Crippen LogP contribution < -0.4 is 15.4 Å². The molecule has 9 nitrogen and oxygen atoms in total. The number of imide groups is 1. The number of aromatic nitrogens is 1. The van der Waals surface area contributed by atoms with E-state index >= 15 is 0 Å². The van der Waals surface area contributed by atoms with E-state index in [0.717, 1.165) is 18.4 Å². The second-order valence-corrected chi connectivity index (χ2v) is 6.18. The van der Waals surface area contributed by atoms with Gasteiger partial charge in [0.2, 0.25) is 0 Å². The molecule has 0 radical (unpaired) electrons. The lowest BCUT2D eigenvalue weighted by Crippen LogP contribution is -2.37. The zero-order valence-electron chi connectivity index (χ0n) is 13.3. The number of urea groups is 1. The Kier molecular flexibility index (Phi) is 7.29. The van der Waals surface area contributed by atoms with Crippen LogP contribution in [-0.2, 0) is 9.47 Å². The highest BCUT2D eigenvalue weighted by Crippen LogP contribution is 2.19. The fraction of sp³-hybridized carbons (Fsp3) is 0.429. The summed E-state index contributed by atoms with van der Waals surface area (Å²) in [7, 11) is 0. The van der Waals surface area contributed by atoms with Gasteiger partial charge in [0, 0.05) is 23.6 Å². The molecular formula is C14H17ClN4O5S. The Labute approximate surface area is 153 Å².